The minimum Gasteiger partial charge on any atom is -0.546 e. The van der Waals surface area contributed by atoms with E-state index >= 15 is 0 Å². The first-order valence-electron chi connectivity index (χ1n) is 8.44. The number of carbonyl (C=O) groups excluding carboxylic acids is 2. The van der Waals surface area contributed by atoms with Gasteiger partial charge in [0.1, 0.15) is 12.4 Å². The molecule has 1 aliphatic rings. The lowest BCUT2D eigenvalue weighted by atomic mass is 10.2. The highest BCUT2D eigenvalue weighted by molar-refractivity contribution is 8.18. The topological polar surface area (TPSA) is 82.0 Å². The molecule has 0 radical (unpaired) electrons. The Balaban J connectivity index is 1.86. The van der Waals surface area contributed by atoms with E-state index in [1.807, 2.05) is 13.0 Å². The molecule has 1 saturated heterocycles. The lowest BCUT2D eigenvalue weighted by Gasteiger charge is -2.12. The molecule has 0 atom stereocenters. The number of carbonyl (C=O) groups is 2. The van der Waals surface area contributed by atoms with Crippen molar-refractivity contribution in [2.45, 2.75) is 6.92 Å². The number of likely N-dealkylation sites (N-methyl/N-ethyl adjacent to an activating group) is 1. The standard InChI is InChI=1S/C20H17ClN2O4S/c1-2-23-19(26)17(28-20(23)22-15-7-4-6-14(21)11-15)10-13-5-3-8-16(9-13)27-12-18(24)25/h3-11H,2,12H2,1H3,(H,24,25)/p-1/b17-10+,22-20?. The van der Waals surface area contributed by atoms with Gasteiger partial charge in [0.25, 0.3) is 5.91 Å². The summed E-state index contributed by atoms with van der Waals surface area (Å²) in [5, 5.41) is 11.7. The number of hydrogen-bond acceptors (Lipinski definition) is 6. The van der Waals surface area contributed by atoms with Crippen molar-refractivity contribution in [1.29, 1.82) is 0 Å². The number of benzene rings is 2. The zero-order chi connectivity index (χ0) is 20.1. The van der Waals surface area contributed by atoms with Crippen LogP contribution in [0.3, 0.4) is 0 Å². The maximum absolute atomic E-state index is 12.7. The predicted molar refractivity (Wildman–Crippen MR) is 108 cm³/mol. The molecule has 0 aromatic heterocycles. The van der Waals surface area contributed by atoms with Gasteiger partial charge in [0.15, 0.2) is 5.17 Å². The van der Waals surface area contributed by atoms with E-state index in [0.29, 0.717) is 38.6 Å². The van der Waals surface area contributed by atoms with Gasteiger partial charge >= 0.3 is 0 Å². The number of aliphatic imine (C=N–C) groups is 1. The number of aliphatic carboxylic acids is 1. The smallest absolute Gasteiger partial charge is 0.266 e. The molecule has 3 rings (SSSR count). The van der Waals surface area contributed by atoms with E-state index in [1.165, 1.54) is 11.8 Å². The Morgan fingerprint density at radius 2 is 2.07 bits per heavy atom. The van der Waals surface area contributed by atoms with Crippen molar-refractivity contribution >= 4 is 52.2 Å². The van der Waals surface area contributed by atoms with Crippen LogP contribution in [0.15, 0.2) is 58.4 Å². The SMILES string of the molecule is CCN1C(=O)/C(=C\c2cccc(OCC(=O)[O-])c2)SC1=Nc1cccc(Cl)c1. The fourth-order valence-corrected chi connectivity index (χ4v) is 3.76. The summed E-state index contributed by atoms with van der Waals surface area (Å²) in [5.41, 5.74) is 1.38. The average molecular weight is 416 g/mol. The van der Waals surface area contributed by atoms with Gasteiger partial charge in [-0.05, 0) is 60.7 Å². The third-order valence-corrected chi connectivity index (χ3v) is 4.99. The molecule has 8 heteroatoms. The molecule has 28 heavy (non-hydrogen) atoms. The summed E-state index contributed by atoms with van der Waals surface area (Å²) in [6.07, 6.45) is 1.72. The quantitative estimate of drug-likeness (QED) is 0.677. The van der Waals surface area contributed by atoms with Crippen LogP contribution in [0.2, 0.25) is 5.02 Å². The molecule has 1 fully saturated rings. The maximum atomic E-state index is 12.7. The number of amides is 1. The molecule has 2 aromatic carbocycles. The first-order chi connectivity index (χ1) is 13.5. The molecule has 144 valence electrons. The van der Waals surface area contributed by atoms with Gasteiger partial charge in [0, 0.05) is 11.6 Å². The summed E-state index contributed by atoms with van der Waals surface area (Å²) in [6.45, 7) is 1.83. The van der Waals surface area contributed by atoms with E-state index in [4.69, 9.17) is 16.3 Å². The number of thioether (sulfide) groups is 1. The summed E-state index contributed by atoms with van der Waals surface area (Å²) in [6, 6.07) is 13.9. The van der Waals surface area contributed by atoms with Gasteiger partial charge in [-0.25, -0.2) is 4.99 Å². The van der Waals surface area contributed by atoms with E-state index in [-0.39, 0.29) is 5.91 Å². The van der Waals surface area contributed by atoms with Gasteiger partial charge in [-0.2, -0.15) is 0 Å². The number of amidine groups is 1. The Morgan fingerprint density at radius 1 is 1.29 bits per heavy atom. The molecule has 1 amide bonds. The van der Waals surface area contributed by atoms with Crippen molar-refractivity contribution in [3.8, 4) is 5.75 Å². The summed E-state index contributed by atoms with van der Waals surface area (Å²) in [7, 11) is 0. The molecule has 0 bridgehead atoms. The summed E-state index contributed by atoms with van der Waals surface area (Å²) < 4.78 is 5.12. The van der Waals surface area contributed by atoms with Crippen molar-refractivity contribution in [3.05, 3.63) is 64.0 Å². The molecule has 1 aliphatic heterocycles. The van der Waals surface area contributed by atoms with Gasteiger partial charge in [-0.1, -0.05) is 29.8 Å². The second kappa shape index (κ2) is 8.95. The van der Waals surface area contributed by atoms with E-state index in [2.05, 4.69) is 4.99 Å². The molecule has 1 heterocycles. The van der Waals surface area contributed by atoms with Crippen LogP contribution in [-0.4, -0.2) is 35.1 Å². The Hall–Kier alpha value is -2.77. The van der Waals surface area contributed by atoms with Crippen LogP contribution in [0, 0.1) is 0 Å². The first-order valence-corrected chi connectivity index (χ1v) is 9.64. The molecule has 0 spiro atoms. The number of nitrogens with zero attached hydrogens (tertiary/aromatic N) is 2. The Kier molecular flexibility index (Phi) is 6.38. The largest absolute Gasteiger partial charge is 0.546 e. The Labute approximate surface area is 171 Å². The molecule has 2 aromatic rings. The van der Waals surface area contributed by atoms with Gasteiger partial charge < -0.3 is 14.6 Å². The Morgan fingerprint density at radius 3 is 2.79 bits per heavy atom. The predicted octanol–water partition coefficient (Wildman–Crippen LogP) is 3.09. The molecule has 0 N–H and O–H groups in total. The zero-order valence-electron chi connectivity index (χ0n) is 14.9. The van der Waals surface area contributed by atoms with Crippen LogP contribution in [0.4, 0.5) is 5.69 Å². The fraction of sp³-hybridized carbons (Fsp3) is 0.150. The summed E-state index contributed by atoms with van der Waals surface area (Å²) in [4.78, 5) is 29.9. The molecular formula is C20H16ClN2O4S-. The Bertz CT molecular complexity index is 974. The highest BCUT2D eigenvalue weighted by atomic mass is 35.5. The monoisotopic (exact) mass is 415 g/mol. The molecule has 6 nitrogen and oxygen atoms in total. The van der Waals surface area contributed by atoms with Crippen LogP contribution < -0.4 is 9.84 Å². The minimum atomic E-state index is -1.30. The van der Waals surface area contributed by atoms with Crippen molar-refractivity contribution < 1.29 is 19.4 Å². The second-order valence-corrected chi connectivity index (χ2v) is 7.21. The average Bonchev–Trinajstić information content (AvgIpc) is 2.94. The van der Waals surface area contributed by atoms with Gasteiger partial charge in [0.05, 0.1) is 16.6 Å². The van der Waals surface area contributed by atoms with E-state index in [9.17, 15) is 14.7 Å². The lowest BCUT2D eigenvalue weighted by Crippen LogP contribution is -2.28. The normalized spacial score (nSPS) is 16.8. The fourth-order valence-electron chi connectivity index (χ4n) is 2.51. The number of hydrogen-bond donors (Lipinski definition) is 0. The summed E-state index contributed by atoms with van der Waals surface area (Å²) in [5.74, 6) is -1.06. The highest BCUT2D eigenvalue weighted by Crippen LogP contribution is 2.34. The van der Waals surface area contributed by atoms with E-state index in [1.54, 1.807) is 53.4 Å². The number of ether oxygens (including phenoxy) is 1. The van der Waals surface area contributed by atoms with Crippen LogP contribution in [0.5, 0.6) is 5.75 Å². The summed E-state index contributed by atoms with van der Waals surface area (Å²) >= 11 is 7.28. The van der Waals surface area contributed by atoms with Gasteiger partial charge in [-0.3, -0.25) is 9.69 Å². The molecule has 0 unspecified atom stereocenters. The molecule has 0 saturated carbocycles. The lowest BCUT2D eigenvalue weighted by molar-refractivity contribution is -0.307. The van der Waals surface area contributed by atoms with Crippen molar-refractivity contribution in [3.63, 3.8) is 0 Å². The third-order valence-electron chi connectivity index (χ3n) is 3.75. The van der Waals surface area contributed by atoms with Crippen LogP contribution in [0.1, 0.15) is 12.5 Å². The molecule has 0 aliphatic carbocycles. The number of carboxylic acid groups (broad SMARTS) is 1. The minimum absolute atomic E-state index is 0.144. The van der Waals surface area contributed by atoms with E-state index in [0.717, 1.165) is 0 Å². The van der Waals surface area contributed by atoms with Crippen molar-refractivity contribution in [1.82, 2.24) is 4.90 Å². The number of rotatable bonds is 6. The van der Waals surface area contributed by atoms with Crippen LogP contribution in [-0.2, 0) is 9.59 Å². The zero-order valence-corrected chi connectivity index (χ0v) is 16.5. The van der Waals surface area contributed by atoms with Crippen molar-refractivity contribution in [2.75, 3.05) is 13.2 Å². The maximum Gasteiger partial charge on any atom is 0.266 e. The van der Waals surface area contributed by atoms with E-state index < -0.39 is 12.6 Å². The second-order valence-electron chi connectivity index (χ2n) is 5.77. The van der Waals surface area contributed by atoms with Crippen LogP contribution in [0.25, 0.3) is 6.08 Å². The van der Waals surface area contributed by atoms with Gasteiger partial charge in [0.2, 0.25) is 0 Å². The first kappa shape index (κ1) is 20.0. The van der Waals surface area contributed by atoms with Crippen LogP contribution >= 0.6 is 23.4 Å². The molecular weight excluding hydrogens is 400 g/mol. The van der Waals surface area contributed by atoms with Gasteiger partial charge in [-0.15, -0.1) is 0 Å². The number of carboxylic acids is 1. The number of halogens is 1. The van der Waals surface area contributed by atoms with Crippen molar-refractivity contribution in [2.24, 2.45) is 4.99 Å². The highest BCUT2D eigenvalue weighted by Gasteiger charge is 2.32. The third kappa shape index (κ3) is 4.94.